The highest BCUT2D eigenvalue weighted by atomic mass is 32.2. The lowest BCUT2D eigenvalue weighted by molar-refractivity contribution is 0.726. The van der Waals surface area contributed by atoms with Crippen molar-refractivity contribution in [3.8, 4) is 0 Å². The number of aromatic amines is 1. The number of benzene rings is 1. The first-order chi connectivity index (χ1) is 8.29. The number of rotatable bonds is 5. The van der Waals surface area contributed by atoms with Gasteiger partial charge in [-0.1, -0.05) is 30.8 Å². The second kappa shape index (κ2) is 5.84. The first-order valence-corrected chi connectivity index (χ1v) is 6.44. The standard InChI is InChI=1S/C12H16N4S/c1-3-13-7-10-4-5-11(9(2)6-10)17-12-14-8-15-16-12/h4-6,8,13H,3,7H2,1-2H3,(H,14,15,16). The molecule has 4 nitrogen and oxygen atoms in total. The lowest BCUT2D eigenvalue weighted by Crippen LogP contribution is -2.11. The Morgan fingerprint density at radius 1 is 1.41 bits per heavy atom. The second-order valence-corrected chi connectivity index (χ2v) is 4.80. The largest absolute Gasteiger partial charge is 0.313 e. The number of aryl methyl sites for hydroxylation is 1. The predicted molar refractivity (Wildman–Crippen MR) is 69.1 cm³/mol. The maximum absolute atomic E-state index is 4.11. The average molecular weight is 248 g/mol. The van der Waals surface area contributed by atoms with Crippen LogP contribution in [0.15, 0.2) is 34.6 Å². The van der Waals surface area contributed by atoms with Crippen molar-refractivity contribution in [3.05, 3.63) is 35.7 Å². The first-order valence-electron chi connectivity index (χ1n) is 5.63. The van der Waals surface area contributed by atoms with E-state index in [0.29, 0.717) is 0 Å². The third-order valence-corrected chi connectivity index (χ3v) is 3.49. The number of hydrogen-bond acceptors (Lipinski definition) is 4. The Morgan fingerprint density at radius 3 is 2.94 bits per heavy atom. The molecule has 0 aliphatic heterocycles. The van der Waals surface area contributed by atoms with E-state index in [1.807, 2.05) is 0 Å². The molecule has 1 aromatic carbocycles. The van der Waals surface area contributed by atoms with Crippen LogP contribution in [0.25, 0.3) is 0 Å². The number of hydrogen-bond donors (Lipinski definition) is 2. The van der Waals surface area contributed by atoms with E-state index < -0.39 is 0 Å². The minimum atomic E-state index is 0.826. The summed E-state index contributed by atoms with van der Waals surface area (Å²) in [4.78, 5) is 5.32. The van der Waals surface area contributed by atoms with Crippen LogP contribution in [0, 0.1) is 6.92 Å². The molecule has 0 saturated heterocycles. The summed E-state index contributed by atoms with van der Waals surface area (Å²) in [5.41, 5.74) is 2.58. The predicted octanol–water partition coefficient (Wildman–Crippen LogP) is 2.37. The normalized spacial score (nSPS) is 10.7. The van der Waals surface area contributed by atoms with Crippen molar-refractivity contribution in [2.45, 2.75) is 30.4 Å². The van der Waals surface area contributed by atoms with Crippen molar-refractivity contribution >= 4 is 11.8 Å². The number of H-pyrrole nitrogens is 1. The van der Waals surface area contributed by atoms with E-state index >= 15 is 0 Å². The van der Waals surface area contributed by atoms with Crippen LogP contribution < -0.4 is 5.32 Å². The molecule has 0 spiro atoms. The quantitative estimate of drug-likeness (QED) is 0.853. The van der Waals surface area contributed by atoms with Crippen molar-refractivity contribution in [2.24, 2.45) is 0 Å². The monoisotopic (exact) mass is 248 g/mol. The van der Waals surface area contributed by atoms with Gasteiger partial charge >= 0.3 is 0 Å². The van der Waals surface area contributed by atoms with Crippen molar-refractivity contribution in [1.29, 1.82) is 0 Å². The van der Waals surface area contributed by atoms with Gasteiger partial charge in [0.25, 0.3) is 0 Å². The molecule has 0 saturated carbocycles. The van der Waals surface area contributed by atoms with E-state index in [9.17, 15) is 0 Å². The van der Waals surface area contributed by atoms with Crippen molar-refractivity contribution < 1.29 is 0 Å². The summed E-state index contributed by atoms with van der Waals surface area (Å²) in [7, 11) is 0. The molecule has 2 aromatic rings. The van der Waals surface area contributed by atoms with Crippen LogP contribution in [-0.4, -0.2) is 21.7 Å². The fourth-order valence-electron chi connectivity index (χ4n) is 1.55. The van der Waals surface area contributed by atoms with Crippen LogP contribution in [0.3, 0.4) is 0 Å². The SMILES string of the molecule is CCNCc1ccc(Sc2ncn[nH]2)c(C)c1. The lowest BCUT2D eigenvalue weighted by Gasteiger charge is -2.07. The van der Waals surface area contributed by atoms with E-state index in [1.165, 1.54) is 22.3 Å². The molecule has 17 heavy (non-hydrogen) atoms. The Morgan fingerprint density at radius 2 is 2.29 bits per heavy atom. The first kappa shape index (κ1) is 12.1. The van der Waals surface area contributed by atoms with Gasteiger partial charge in [-0.15, -0.1) is 0 Å². The van der Waals surface area contributed by atoms with Crippen LogP contribution in [0.1, 0.15) is 18.1 Å². The molecule has 0 amide bonds. The van der Waals surface area contributed by atoms with Crippen LogP contribution in [0.4, 0.5) is 0 Å². The van der Waals surface area contributed by atoms with Gasteiger partial charge in [0.1, 0.15) is 6.33 Å². The summed E-state index contributed by atoms with van der Waals surface area (Å²) < 4.78 is 0. The molecular formula is C12H16N4S. The van der Waals surface area contributed by atoms with Crippen LogP contribution >= 0.6 is 11.8 Å². The maximum atomic E-state index is 4.11. The Hall–Kier alpha value is -1.33. The number of aromatic nitrogens is 3. The fraction of sp³-hybridized carbons (Fsp3) is 0.333. The topological polar surface area (TPSA) is 53.6 Å². The van der Waals surface area contributed by atoms with Crippen LogP contribution in [0.2, 0.25) is 0 Å². The van der Waals surface area contributed by atoms with Crippen molar-refractivity contribution in [3.63, 3.8) is 0 Å². The zero-order chi connectivity index (χ0) is 12.1. The summed E-state index contributed by atoms with van der Waals surface area (Å²) in [6.07, 6.45) is 1.53. The van der Waals surface area contributed by atoms with Gasteiger partial charge in [0.05, 0.1) is 0 Å². The molecule has 0 bridgehead atoms. The summed E-state index contributed by atoms with van der Waals surface area (Å²) >= 11 is 1.60. The number of nitrogens with zero attached hydrogens (tertiary/aromatic N) is 2. The Balaban J connectivity index is 2.09. The van der Waals surface area contributed by atoms with Gasteiger partial charge in [-0.05, 0) is 30.7 Å². The minimum absolute atomic E-state index is 0.826. The number of nitrogens with one attached hydrogen (secondary N) is 2. The molecule has 0 fully saturated rings. The molecule has 1 aromatic heterocycles. The van der Waals surface area contributed by atoms with Gasteiger partial charge in [0, 0.05) is 11.4 Å². The van der Waals surface area contributed by atoms with Gasteiger partial charge in [-0.3, -0.25) is 5.10 Å². The summed E-state index contributed by atoms with van der Waals surface area (Å²) in [6, 6.07) is 6.49. The smallest absolute Gasteiger partial charge is 0.188 e. The van der Waals surface area contributed by atoms with E-state index in [0.717, 1.165) is 18.2 Å². The molecule has 0 atom stereocenters. The molecule has 5 heteroatoms. The second-order valence-electron chi connectivity index (χ2n) is 3.77. The molecule has 90 valence electrons. The molecule has 0 aliphatic carbocycles. The van der Waals surface area contributed by atoms with Gasteiger partial charge in [0.15, 0.2) is 5.16 Å². The zero-order valence-electron chi connectivity index (χ0n) is 10.0. The van der Waals surface area contributed by atoms with Gasteiger partial charge in [-0.2, -0.15) is 5.10 Å². The van der Waals surface area contributed by atoms with Crippen molar-refractivity contribution in [1.82, 2.24) is 20.5 Å². The van der Waals surface area contributed by atoms with Crippen LogP contribution in [-0.2, 0) is 6.54 Å². The van der Waals surface area contributed by atoms with Crippen molar-refractivity contribution in [2.75, 3.05) is 6.54 Å². The third kappa shape index (κ3) is 3.31. The molecule has 2 rings (SSSR count). The molecule has 2 N–H and O–H groups in total. The molecule has 0 radical (unpaired) electrons. The van der Waals surface area contributed by atoms with E-state index in [1.54, 1.807) is 11.8 Å². The van der Waals surface area contributed by atoms with Gasteiger partial charge < -0.3 is 5.32 Å². The van der Waals surface area contributed by atoms with E-state index in [-0.39, 0.29) is 0 Å². The summed E-state index contributed by atoms with van der Waals surface area (Å²) in [6.45, 7) is 6.15. The molecule has 0 unspecified atom stereocenters. The highest BCUT2D eigenvalue weighted by Gasteiger charge is 2.04. The van der Waals surface area contributed by atoms with E-state index in [2.05, 4.69) is 52.5 Å². The summed E-state index contributed by atoms with van der Waals surface area (Å²) in [5, 5.41) is 10.8. The molecule has 1 heterocycles. The molecule has 0 aliphatic rings. The highest BCUT2D eigenvalue weighted by Crippen LogP contribution is 2.27. The summed E-state index contributed by atoms with van der Waals surface area (Å²) in [5.74, 6) is 0. The zero-order valence-corrected chi connectivity index (χ0v) is 10.8. The van der Waals surface area contributed by atoms with Crippen LogP contribution in [0.5, 0.6) is 0 Å². The average Bonchev–Trinajstić information content (AvgIpc) is 2.82. The Kier molecular flexibility index (Phi) is 4.17. The van der Waals surface area contributed by atoms with Gasteiger partial charge in [0.2, 0.25) is 0 Å². The molecular weight excluding hydrogens is 232 g/mol. The minimum Gasteiger partial charge on any atom is -0.313 e. The fourth-order valence-corrected chi connectivity index (χ4v) is 2.32. The highest BCUT2D eigenvalue weighted by molar-refractivity contribution is 7.99. The maximum Gasteiger partial charge on any atom is 0.188 e. The van der Waals surface area contributed by atoms with Gasteiger partial charge in [-0.25, -0.2) is 4.98 Å². The third-order valence-electron chi connectivity index (χ3n) is 2.42. The Labute approximate surface area is 105 Å². The van der Waals surface area contributed by atoms with E-state index in [4.69, 9.17) is 0 Å². The lowest BCUT2D eigenvalue weighted by atomic mass is 10.1. The Bertz CT molecular complexity index is 467.